The first-order valence-electron chi connectivity index (χ1n) is 14.2. The van der Waals surface area contributed by atoms with Gasteiger partial charge in [0.25, 0.3) is 0 Å². The zero-order valence-electron chi connectivity index (χ0n) is 24.0. The lowest BCUT2D eigenvalue weighted by molar-refractivity contribution is -0.145. The van der Waals surface area contributed by atoms with Crippen molar-refractivity contribution in [2.45, 2.75) is 69.5 Å². The number of aliphatic carboxylic acids is 1. The van der Waals surface area contributed by atoms with Gasteiger partial charge in [-0.1, -0.05) is 103 Å². The number of hydrogen-bond acceptors (Lipinski definition) is 5. The minimum Gasteiger partial charge on any atom is -0.481 e. The van der Waals surface area contributed by atoms with Gasteiger partial charge in [0.15, 0.2) is 5.60 Å². The van der Waals surface area contributed by atoms with Crippen LogP contribution in [0.1, 0.15) is 65.7 Å². The maximum Gasteiger partial charge on any atom is 0.309 e. The molecule has 3 aliphatic rings. The SMILES string of the molecule is C=C(c1ccccc1)[C@]12CC(c3ccc(C)cc3)OC1CC(=O)O2.C=C=C1CC(c2ccc(C)cc2)OC1CC(=O)O. The van der Waals surface area contributed by atoms with E-state index in [1.54, 1.807) is 0 Å². The van der Waals surface area contributed by atoms with E-state index < -0.39 is 17.7 Å². The maximum absolute atomic E-state index is 11.9. The van der Waals surface area contributed by atoms with E-state index in [-0.39, 0.29) is 37.1 Å². The summed E-state index contributed by atoms with van der Waals surface area (Å²) in [7, 11) is 0. The molecule has 6 heteroatoms. The Kier molecular flexibility index (Phi) is 8.60. The molecule has 0 saturated carbocycles. The first-order chi connectivity index (χ1) is 20.2. The average Bonchev–Trinajstić information content (AvgIpc) is 3.64. The molecule has 4 unspecified atom stereocenters. The van der Waals surface area contributed by atoms with Gasteiger partial charge in [-0.05, 0) is 36.1 Å². The van der Waals surface area contributed by atoms with Gasteiger partial charge >= 0.3 is 11.9 Å². The van der Waals surface area contributed by atoms with Crippen LogP contribution >= 0.6 is 0 Å². The highest BCUT2D eigenvalue weighted by atomic mass is 16.6. The summed E-state index contributed by atoms with van der Waals surface area (Å²) < 4.78 is 17.8. The van der Waals surface area contributed by atoms with Crippen LogP contribution in [0.3, 0.4) is 0 Å². The Labute approximate surface area is 246 Å². The molecule has 0 spiro atoms. The molecule has 0 radical (unpaired) electrons. The molecule has 0 bridgehead atoms. The van der Waals surface area contributed by atoms with Crippen LogP contribution in [0.25, 0.3) is 5.57 Å². The van der Waals surface area contributed by atoms with Gasteiger partial charge in [-0.3, -0.25) is 9.59 Å². The predicted octanol–water partition coefficient (Wildman–Crippen LogP) is 7.24. The van der Waals surface area contributed by atoms with Gasteiger partial charge in [-0.25, -0.2) is 0 Å². The summed E-state index contributed by atoms with van der Waals surface area (Å²) in [6.07, 6.45) is 0.706. The number of fused-ring (bicyclic) bond motifs is 1. The minimum atomic E-state index is -0.864. The van der Waals surface area contributed by atoms with Crippen LogP contribution in [-0.2, 0) is 23.8 Å². The van der Waals surface area contributed by atoms with Crippen LogP contribution in [0, 0.1) is 13.8 Å². The van der Waals surface area contributed by atoms with E-state index in [0.29, 0.717) is 12.8 Å². The van der Waals surface area contributed by atoms with Crippen LogP contribution in [0.15, 0.2) is 103 Å². The third kappa shape index (κ3) is 6.17. The fourth-order valence-corrected chi connectivity index (χ4v) is 5.87. The van der Waals surface area contributed by atoms with Crippen molar-refractivity contribution in [2.75, 3.05) is 0 Å². The van der Waals surface area contributed by atoms with Crippen LogP contribution in [0.5, 0.6) is 0 Å². The van der Waals surface area contributed by atoms with Gasteiger partial charge in [-0.15, -0.1) is 5.73 Å². The lowest BCUT2D eigenvalue weighted by Gasteiger charge is -2.28. The van der Waals surface area contributed by atoms with Crippen LogP contribution in [-0.4, -0.2) is 34.9 Å². The fraction of sp³-hybridized carbons (Fsp3) is 0.306. The largest absolute Gasteiger partial charge is 0.481 e. The Balaban J connectivity index is 0.000000176. The minimum absolute atomic E-state index is 0.0276. The van der Waals surface area contributed by atoms with E-state index in [0.717, 1.165) is 27.8 Å². The normalized spacial score (nSPS) is 26.0. The summed E-state index contributed by atoms with van der Waals surface area (Å²) in [4.78, 5) is 22.7. The fourth-order valence-electron chi connectivity index (χ4n) is 5.87. The summed E-state index contributed by atoms with van der Waals surface area (Å²) in [6, 6.07) is 26.3. The van der Waals surface area contributed by atoms with Crippen LogP contribution in [0.2, 0.25) is 0 Å². The van der Waals surface area contributed by atoms with Crippen molar-refractivity contribution in [3.05, 3.63) is 131 Å². The van der Waals surface area contributed by atoms with E-state index in [4.69, 9.17) is 19.3 Å². The number of aryl methyl sites for hydroxylation is 2. The Morgan fingerprint density at radius 3 is 2.07 bits per heavy atom. The third-order valence-corrected chi connectivity index (χ3v) is 8.23. The first kappa shape index (κ1) is 29.3. The second-order valence-corrected chi connectivity index (χ2v) is 11.2. The van der Waals surface area contributed by atoms with E-state index in [1.807, 2.05) is 61.5 Å². The summed E-state index contributed by atoms with van der Waals surface area (Å²) in [5.74, 6) is -1.07. The molecule has 6 nitrogen and oxygen atoms in total. The van der Waals surface area contributed by atoms with Crippen molar-refractivity contribution >= 4 is 17.5 Å². The molecule has 1 N–H and O–H groups in total. The topological polar surface area (TPSA) is 82.1 Å². The van der Waals surface area contributed by atoms with Crippen molar-refractivity contribution in [1.29, 1.82) is 0 Å². The van der Waals surface area contributed by atoms with Crippen molar-refractivity contribution in [2.24, 2.45) is 0 Å². The summed E-state index contributed by atoms with van der Waals surface area (Å²) >= 11 is 0. The van der Waals surface area contributed by atoms with E-state index >= 15 is 0 Å². The van der Waals surface area contributed by atoms with Gasteiger partial charge in [0.1, 0.15) is 6.10 Å². The van der Waals surface area contributed by atoms with Crippen molar-refractivity contribution in [3.8, 4) is 0 Å². The predicted molar refractivity (Wildman–Crippen MR) is 161 cm³/mol. The molecule has 216 valence electrons. The average molecular weight is 565 g/mol. The molecular weight excluding hydrogens is 528 g/mol. The molecule has 0 amide bonds. The molecule has 0 aliphatic carbocycles. The molecule has 42 heavy (non-hydrogen) atoms. The highest BCUT2D eigenvalue weighted by Gasteiger charge is 2.59. The van der Waals surface area contributed by atoms with Gasteiger partial charge in [-0.2, -0.15) is 0 Å². The summed E-state index contributed by atoms with van der Waals surface area (Å²) in [6.45, 7) is 12.0. The molecule has 3 aromatic carbocycles. The zero-order chi connectivity index (χ0) is 29.9. The molecule has 3 aliphatic heterocycles. The number of carboxylic acids is 1. The number of ether oxygens (including phenoxy) is 3. The van der Waals surface area contributed by atoms with Crippen LogP contribution < -0.4 is 0 Å². The number of hydrogen-bond donors (Lipinski definition) is 1. The Morgan fingerprint density at radius 2 is 1.50 bits per heavy atom. The van der Waals surface area contributed by atoms with Crippen molar-refractivity contribution < 1.29 is 28.9 Å². The Hall–Kier alpha value is -4.22. The molecule has 0 aromatic heterocycles. The zero-order valence-corrected chi connectivity index (χ0v) is 24.0. The quantitative estimate of drug-likeness (QED) is 0.251. The van der Waals surface area contributed by atoms with Crippen molar-refractivity contribution in [1.82, 2.24) is 0 Å². The molecule has 5 atom stereocenters. The number of carbonyl (C=O) groups is 2. The molecular formula is C36H36O6. The second kappa shape index (κ2) is 12.3. The number of benzene rings is 3. The standard InChI is InChI=1S/C21H20O3.C15H16O3/c1-14-8-10-17(11-9-14)18-13-21(19(23-18)12-20(22)24-21)15(2)16-6-4-3-5-7-16;1-3-11-8-13(18-14(11)9-15(16)17)12-6-4-10(2)5-7-12/h3-11,18-19H,2,12-13H2,1H3;4-7,13-14H,1,8-9H2,2H3,(H,16,17)/t18?,19?,21-;/m1./s1. The van der Waals surface area contributed by atoms with Crippen molar-refractivity contribution in [3.63, 3.8) is 0 Å². The molecule has 6 rings (SSSR count). The molecule has 3 heterocycles. The molecule has 3 aromatic rings. The highest BCUT2D eigenvalue weighted by molar-refractivity contribution is 5.82. The Bertz CT molecular complexity index is 1500. The van der Waals surface area contributed by atoms with Crippen LogP contribution in [0.4, 0.5) is 0 Å². The number of carboxylic acid groups (broad SMARTS) is 1. The lowest BCUT2D eigenvalue weighted by atomic mass is 9.82. The lowest BCUT2D eigenvalue weighted by Crippen LogP contribution is -2.36. The summed E-state index contributed by atoms with van der Waals surface area (Å²) in [5, 5.41) is 8.84. The van der Waals surface area contributed by atoms with Gasteiger partial charge in [0.05, 0.1) is 31.2 Å². The molecule has 3 fully saturated rings. The Morgan fingerprint density at radius 1 is 0.905 bits per heavy atom. The smallest absolute Gasteiger partial charge is 0.309 e. The number of carbonyl (C=O) groups excluding carboxylic acids is 1. The summed E-state index contributed by atoms with van der Waals surface area (Å²) in [5.41, 5.74) is 9.32. The monoisotopic (exact) mass is 564 g/mol. The second-order valence-electron chi connectivity index (χ2n) is 11.2. The van der Waals surface area contributed by atoms with E-state index in [1.165, 1.54) is 11.1 Å². The van der Waals surface area contributed by atoms with Gasteiger partial charge in [0, 0.05) is 18.4 Å². The van der Waals surface area contributed by atoms with E-state index in [2.05, 4.69) is 50.1 Å². The highest BCUT2D eigenvalue weighted by Crippen LogP contribution is 2.52. The van der Waals surface area contributed by atoms with Gasteiger partial charge in [0.2, 0.25) is 0 Å². The molecule has 3 saturated heterocycles. The number of esters is 1. The van der Waals surface area contributed by atoms with Gasteiger partial charge < -0.3 is 19.3 Å². The van der Waals surface area contributed by atoms with E-state index in [9.17, 15) is 9.59 Å². The first-order valence-corrected chi connectivity index (χ1v) is 14.2. The number of rotatable bonds is 6. The maximum atomic E-state index is 11.9. The third-order valence-electron chi connectivity index (χ3n) is 8.23.